The number of nitrogens with two attached hydrogens (primary N) is 1. The molecule has 1 aromatic heterocycles. The van der Waals surface area contributed by atoms with Gasteiger partial charge in [-0.3, -0.25) is 4.79 Å². The van der Waals surface area contributed by atoms with Crippen LogP contribution in [0.1, 0.15) is 53.9 Å². The number of hydrogen-bond acceptors (Lipinski definition) is 3. The zero-order valence-electron chi connectivity index (χ0n) is 12.5. The number of carbonyl (C=O) groups excluding carboxylic acids is 1. The first-order valence-corrected chi connectivity index (χ1v) is 7.76. The monoisotopic (exact) mass is 296 g/mol. The van der Waals surface area contributed by atoms with Crippen molar-refractivity contribution in [1.82, 2.24) is 4.98 Å². The van der Waals surface area contributed by atoms with Crippen molar-refractivity contribution in [2.24, 2.45) is 5.73 Å². The van der Waals surface area contributed by atoms with Gasteiger partial charge in [0.15, 0.2) is 0 Å². The normalized spacial score (nSPS) is 15.5. The molecule has 1 aliphatic rings. The largest absolute Gasteiger partial charge is 0.439 e. The van der Waals surface area contributed by atoms with Gasteiger partial charge < -0.3 is 10.5 Å². The summed E-state index contributed by atoms with van der Waals surface area (Å²) in [5.74, 6) is 1.29. The second kappa shape index (κ2) is 6.60. The fraction of sp³-hybridized carbons (Fsp3) is 0.333. The smallest absolute Gasteiger partial charge is 0.248 e. The van der Waals surface area contributed by atoms with Gasteiger partial charge in [0.2, 0.25) is 11.8 Å². The molecule has 4 heteroatoms. The molecule has 0 spiro atoms. The Labute approximate surface area is 130 Å². The molecule has 114 valence electrons. The van der Waals surface area contributed by atoms with Crippen LogP contribution in [-0.4, -0.2) is 10.9 Å². The van der Waals surface area contributed by atoms with E-state index in [1.54, 1.807) is 12.1 Å². The van der Waals surface area contributed by atoms with E-state index >= 15 is 0 Å². The first-order valence-electron chi connectivity index (χ1n) is 7.76. The first-order chi connectivity index (χ1) is 10.7. The first kappa shape index (κ1) is 14.6. The van der Waals surface area contributed by atoms with Gasteiger partial charge >= 0.3 is 0 Å². The van der Waals surface area contributed by atoms with E-state index < -0.39 is 5.91 Å². The second-order valence-corrected chi connectivity index (χ2v) is 5.75. The van der Waals surface area contributed by atoms with Crippen LogP contribution in [0.25, 0.3) is 0 Å². The van der Waals surface area contributed by atoms with Gasteiger partial charge in [0.05, 0.1) is 0 Å². The highest BCUT2D eigenvalue weighted by Gasteiger charge is 2.15. The van der Waals surface area contributed by atoms with Gasteiger partial charge in [-0.15, -0.1) is 0 Å². The average Bonchev–Trinajstić information content (AvgIpc) is 2.56. The van der Waals surface area contributed by atoms with E-state index in [0.717, 1.165) is 0 Å². The molecule has 0 atom stereocenters. The van der Waals surface area contributed by atoms with E-state index in [1.165, 1.54) is 43.9 Å². The molecule has 1 amide bonds. The molecular weight excluding hydrogens is 276 g/mol. The van der Waals surface area contributed by atoms with Gasteiger partial charge in [0, 0.05) is 17.8 Å². The zero-order chi connectivity index (χ0) is 15.4. The Morgan fingerprint density at radius 2 is 1.82 bits per heavy atom. The minimum atomic E-state index is -0.486. The van der Waals surface area contributed by atoms with Crippen LogP contribution < -0.4 is 10.5 Å². The molecule has 0 aliphatic heterocycles. The van der Waals surface area contributed by atoms with E-state index in [4.69, 9.17) is 10.5 Å². The van der Waals surface area contributed by atoms with Crippen molar-refractivity contribution in [2.45, 2.75) is 38.0 Å². The Bertz CT molecular complexity index is 646. The Morgan fingerprint density at radius 1 is 1.09 bits per heavy atom. The van der Waals surface area contributed by atoms with Crippen molar-refractivity contribution < 1.29 is 9.53 Å². The summed E-state index contributed by atoms with van der Waals surface area (Å²) in [5, 5.41) is 0. The number of nitrogens with zero attached hydrogens (tertiary/aromatic N) is 1. The lowest BCUT2D eigenvalue weighted by Crippen LogP contribution is -2.10. The van der Waals surface area contributed by atoms with Gasteiger partial charge in [-0.05, 0) is 42.5 Å². The highest BCUT2D eigenvalue weighted by molar-refractivity contribution is 5.92. The molecule has 4 nitrogen and oxygen atoms in total. The van der Waals surface area contributed by atoms with Gasteiger partial charge in [-0.1, -0.05) is 31.4 Å². The molecule has 0 radical (unpaired) electrons. The lowest BCUT2D eigenvalue weighted by molar-refractivity contribution is 0.1000. The molecule has 0 bridgehead atoms. The van der Waals surface area contributed by atoms with E-state index in [1.807, 2.05) is 12.1 Å². The number of aromatic nitrogens is 1. The summed E-state index contributed by atoms with van der Waals surface area (Å²) >= 11 is 0. The van der Waals surface area contributed by atoms with Gasteiger partial charge in [-0.25, -0.2) is 4.98 Å². The molecule has 1 saturated carbocycles. The molecule has 1 aromatic carbocycles. The summed E-state index contributed by atoms with van der Waals surface area (Å²) in [5.41, 5.74) is 7.03. The highest BCUT2D eigenvalue weighted by atomic mass is 16.5. The minimum absolute atomic E-state index is 0.377. The van der Waals surface area contributed by atoms with Crippen LogP contribution in [-0.2, 0) is 0 Å². The molecule has 0 unspecified atom stereocenters. The fourth-order valence-corrected chi connectivity index (χ4v) is 2.98. The summed E-state index contributed by atoms with van der Waals surface area (Å²) in [6, 6.07) is 11.3. The standard InChI is InChI=1S/C18H20N2O2/c19-18(21)15-10-11-20-17(12-15)22-16-8-6-14(7-9-16)13-4-2-1-3-5-13/h6-13H,1-5H2,(H2,19,21). The highest BCUT2D eigenvalue weighted by Crippen LogP contribution is 2.33. The quantitative estimate of drug-likeness (QED) is 0.926. The minimum Gasteiger partial charge on any atom is -0.439 e. The molecule has 22 heavy (non-hydrogen) atoms. The number of hydrogen-bond donors (Lipinski definition) is 1. The van der Waals surface area contributed by atoms with Crippen LogP contribution in [0.2, 0.25) is 0 Å². The molecule has 1 heterocycles. The van der Waals surface area contributed by atoms with Crippen LogP contribution in [0.15, 0.2) is 42.6 Å². The fourth-order valence-electron chi connectivity index (χ4n) is 2.98. The Hall–Kier alpha value is -2.36. The van der Waals surface area contributed by atoms with E-state index in [9.17, 15) is 4.79 Å². The Kier molecular flexibility index (Phi) is 4.37. The van der Waals surface area contributed by atoms with E-state index in [-0.39, 0.29) is 0 Å². The Balaban J connectivity index is 1.70. The van der Waals surface area contributed by atoms with Crippen molar-refractivity contribution in [2.75, 3.05) is 0 Å². The predicted octanol–water partition coefficient (Wildman–Crippen LogP) is 4.02. The maximum absolute atomic E-state index is 11.2. The maximum atomic E-state index is 11.2. The summed E-state index contributed by atoms with van der Waals surface area (Å²) in [4.78, 5) is 15.3. The summed E-state index contributed by atoms with van der Waals surface area (Å²) < 4.78 is 5.69. The molecule has 3 rings (SSSR count). The number of amides is 1. The lowest BCUT2D eigenvalue weighted by atomic mass is 9.84. The Morgan fingerprint density at radius 3 is 2.50 bits per heavy atom. The van der Waals surface area contributed by atoms with Gasteiger partial charge in [0.25, 0.3) is 0 Å². The third-order valence-electron chi connectivity index (χ3n) is 4.20. The summed E-state index contributed by atoms with van der Waals surface area (Å²) in [6.45, 7) is 0. The van der Waals surface area contributed by atoms with Crippen molar-refractivity contribution in [3.63, 3.8) is 0 Å². The van der Waals surface area contributed by atoms with Crippen LogP contribution in [0.4, 0.5) is 0 Å². The molecule has 0 saturated heterocycles. The topological polar surface area (TPSA) is 65.2 Å². The molecule has 1 aliphatic carbocycles. The van der Waals surface area contributed by atoms with Crippen molar-refractivity contribution in [3.05, 3.63) is 53.7 Å². The molecular formula is C18H20N2O2. The predicted molar refractivity (Wildman–Crippen MR) is 85.1 cm³/mol. The summed E-state index contributed by atoms with van der Waals surface area (Å²) in [6.07, 6.45) is 8.09. The lowest BCUT2D eigenvalue weighted by Gasteiger charge is -2.22. The number of carbonyl (C=O) groups is 1. The number of primary amides is 1. The number of ether oxygens (including phenoxy) is 1. The van der Waals surface area contributed by atoms with Crippen molar-refractivity contribution >= 4 is 5.91 Å². The van der Waals surface area contributed by atoms with E-state index in [0.29, 0.717) is 23.1 Å². The molecule has 2 N–H and O–H groups in total. The van der Waals surface area contributed by atoms with Crippen molar-refractivity contribution in [1.29, 1.82) is 0 Å². The number of rotatable bonds is 4. The molecule has 2 aromatic rings. The van der Waals surface area contributed by atoms with Crippen LogP contribution in [0.5, 0.6) is 11.6 Å². The summed E-state index contributed by atoms with van der Waals surface area (Å²) in [7, 11) is 0. The van der Waals surface area contributed by atoms with Gasteiger partial charge in [0.1, 0.15) is 5.75 Å². The van der Waals surface area contributed by atoms with E-state index in [2.05, 4.69) is 17.1 Å². The second-order valence-electron chi connectivity index (χ2n) is 5.75. The van der Waals surface area contributed by atoms with Gasteiger partial charge in [-0.2, -0.15) is 0 Å². The number of pyridine rings is 1. The maximum Gasteiger partial charge on any atom is 0.248 e. The van der Waals surface area contributed by atoms with Crippen molar-refractivity contribution in [3.8, 4) is 11.6 Å². The van der Waals surface area contributed by atoms with Crippen LogP contribution >= 0.6 is 0 Å². The van der Waals surface area contributed by atoms with Crippen LogP contribution in [0, 0.1) is 0 Å². The molecule has 1 fully saturated rings. The third kappa shape index (κ3) is 3.45. The average molecular weight is 296 g/mol. The van der Waals surface area contributed by atoms with Crippen LogP contribution in [0.3, 0.4) is 0 Å². The third-order valence-corrected chi connectivity index (χ3v) is 4.20. The SMILES string of the molecule is NC(=O)c1ccnc(Oc2ccc(C3CCCCC3)cc2)c1. The number of benzene rings is 1. The zero-order valence-corrected chi connectivity index (χ0v) is 12.5.